The normalized spacial score (nSPS) is 16.9. The van der Waals surface area contributed by atoms with Gasteiger partial charge in [-0.3, -0.25) is 0 Å². The molecule has 0 spiro atoms. The minimum absolute atomic E-state index is 0.135. The Bertz CT molecular complexity index is 1880. The summed E-state index contributed by atoms with van der Waals surface area (Å²) in [4.78, 5) is 0. The van der Waals surface area contributed by atoms with E-state index in [-0.39, 0.29) is 11.8 Å². The summed E-state index contributed by atoms with van der Waals surface area (Å²) in [6.45, 7) is 4.08. The van der Waals surface area contributed by atoms with E-state index in [1.54, 1.807) is 0 Å². The van der Waals surface area contributed by atoms with Crippen LogP contribution in [0.2, 0.25) is 0 Å². The summed E-state index contributed by atoms with van der Waals surface area (Å²) in [5.41, 5.74) is 10.4. The van der Waals surface area contributed by atoms with Gasteiger partial charge >= 0.3 is 265 Å². The van der Waals surface area contributed by atoms with Crippen LogP contribution in [-0.4, -0.2) is 0 Å². The second kappa shape index (κ2) is 10.8. The van der Waals surface area contributed by atoms with Crippen molar-refractivity contribution in [3.63, 3.8) is 0 Å². The van der Waals surface area contributed by atoms with E-state index in [4.69, 9.17) is 8.83 Å². The van der Waals surface area contributed by atoms with E-state index >= 15 is 0 Å². The van der Waals surface area contributed by atoms with Crippen molar-refractivity contribution in [2.24, 2.45) is 0 Å². The molecular formula is C40H30O2Zr. The van der Waals surface area contributed by atoms with Gasteiger partial charge in [-0.2, -0.15) is 0 Å². The molecule has 0 fully saturated rings. The van der Waals surface area contributed by atoms with Gasteiger partial charge in [0.15, 0.2) is 0 Å². The number of hydrogen-bond donors (Lipinski definition) is 0. The maximum absolute atomic E-state index is 6.37. The molecule has 43 heavy (non-hydrogen) atoms. The third-order valence-electron chi connectivity index (χ3n) is 8.67. The zero-order valence-corrected chi connectivity index (χ0v) is 26.6. The number of benzene rings is 4. The first-order valence-electron chi connectivity index (χ1n) is 14.8. The Labute approximate surface area is 264 Å². The fraction of sp³-hybridized carbons (Fsp3) is 0.100. The molecule has 0 saturated heterocycles. The quantitative estimate of drug-likeness (QED) is 0.182. The van der Waals surface area contributed by atoms with Crippen LogP contribution in [0.25, 0.3) is 34.4 Å². The first kappa shape index (κ1) is 26.4. The Balaban J connectivity index is 1.28. The van der Waals surface area contributed by atoms with Crippen LogP contribution in [0.1, 0.15) is 57.1 Å². The predicted octanol–water partition coefficient (Wildman–Crippen LogP) is 10.6. The number of furan rings is 2. The first-order chi connectivity index (χ1) is 21.1. The Morgan fingerprint density at radius 1 is 0.465 bits per heavy atom. The molecule has 0 N–H and O–H groups in total. The maximum atomic E-state index is 6.37. The molecule has 8 rings (SSSR count). The molecule has 0 radical (unpaired) electrons. The van der Waals surface area contributed by atoms with Crippen LogP contribution in [0.5, 0.6) is 0 Å². The molecule has 2 aliphatic rings. The van der Waals surface area contributed by atoms with E-state index in [0.29, 0.717) is 0 Å². The van der Waals surface area contributed by atoms with Gasteiger partial charge in [-0.05, 0) is 0 Å². The molecule has 0 aliphatic heterocycles. The predicted molar refractivity (Wildman–Crippen MR) is 170 cm³/mol. The van der Waals surface area contributed by atoms with Gasteiger partial charge in [-0.1, -0.05) is 0 Å². The van der Waals surface area contributed by atoms with Crippen LogP contribution in [-0.2, 0) is 23.2 Å². The second-order valence-corrected chi connectivity index (χ2v) is 14.9. The van der Waals surface area contributed by atoms with Crippen molar-refractivity contribution in [3.05, 3.63) is 173 Å². The number of allylic oxidation sites excluding steroid dienone is 2. The number of aryl methyl sites for hydroxylation is 2. The van der Waals surface area contributed by atoms with E-state index in [1.165, 1.54) is 51.1 Å². The summed E-state index contributed by atoms with van der Waals surface area (Å²) in [5.74, 6) is 4.26. The van der Waals surface area contributed by atoms with Gasteiger partial charge in [0.05, 0.1) is 0 Å². The van der Waals surface area contributed by atoms with E-state index < -0.39 is 23.2 Å². The van der Waals surface area contributed by atoms with Crippen molar-refractivity contribution in [1.29, 1.82) is 0 Å². The van der Waals surface area contributed by atoms with Crippen molar-refractivity contribution in [1.82, 2.24) is 0 Å². The summed E-state index contributed by atoms with van der Waals surface area (Å²) in [7, 11) is 0. The Hall–Kier alpha value is -4.20. The van der Waals surface area contributed by atoms with Crippen molar-refractivity contribution in [3.8, 4) is 22.3 Å². The molecule has 2 aromatic heterocycles. The average Bonchev–Trinajstić information content (AvgIpc) is 3.82. The summed E-state index contributed by atoms with van der Waals surface area (Å²) in [6, 6.07) is 43.6. The Morgan fingerprint density at radius 3 is 1.30 bits per heavy atom. The Morgan fingerprint density at radius 2 is 0.907 bits per heavy atom. The van der Waals surface area contributed by atoms with Crippen LogP contribution in [0.3, 0.4) is 0 Å². The molecule has 6 aromatic rings. The van der Waals surface area contributed by atoms with Gasteiger partial charge in [0.2, 0.25) is 0 Å². The monoisotopic (exact) mass is 632 g/mol. The van der Waals surface area contributed by atoms with Gasteiger partial charge < -0.3 is 0 Å². The standard InChI is InChI=1S/2C20H15O.Zr/c2*1-14-10-13-20(21-14)19-12-11-18-16(8-5-9-17(18)19)15-6-3-2-4-7-15;/h2*2-11,13,19H,1H3;. The fourth-order valence-corrected chi connectivity index (χ4v) is 10.8. The first-order valence-corrected chi connectivity index (χ1v) is 17.3. The number of hydrogen-bond acceptors (Lipinski definition) is 2. The number of rotatable bonds is 6. The molecule has 0 amide bonds. The van der Waals surface area contributed by atoms with Gasteiger partial charge in [-0.25, -0.2) is 0 Å². The summed E-state index contributed by atoms with van der Waals surface area (Å²) in [6.07, 6.45) is 5.00. The molecule has 0 bridgehead atoms. The van der Waals surface area contributed by atoms with Gasteiger partial charge in [0.25, 0.3) is 0 Å². The van der Waals surface area contributed by atoms with Crippen LogP contribution in [0, 0.1) is 13.8 Å². The third kappa shape index (κ3) is 4.68. The average molecular weight is 634 g/mol. The van der Waals surface area contributed by atoms with E-state index in [1.807, 2.05) is 13.8 Å². The molecule has 2 nitrogen and oxygen atoms in total. The SMILES string of the molecule is Cc1ccc(C2[C]([Zr][C]3=Cc4c(-c5ccccc5)cccc4C3c3ccc(C)o3)=Cc3c(-c4ccccc4)cccc32)o1. The second-order valence-electron chi connectivity index (χ2n) is 11.4. The fourth-order valence-electron chi connectivity index (χ4n) is 6.76. The van der Waals surface area contributed by atoms with Crippen molar-refractivity contribution in [2.75, 3.05) is 0 Å². The van der Waals surface area contributed by atoms with Crippen LogP contribution in [0.4, 0.5) is 0 Å². The molecule has 2 heterocycles. The zero-order chi connectivity index (χ0) is 28.9. The zero-order valence-electron chi connectivity index (χ0n) is 24.2. The van der Waals surface area contributed by atoms with Crippen LogP contribution >= 0.6 is 0 Å². The summed E-state index contributed by atoms with van der Waals surface area (Å²) >= 11 is -1.31. The van der Waals surface area contributed by atoms with E-state index in [2.05, 4.69) is 133 Å². The van der Waals surface area contributed by atoms with Gasteiger partial charge in [0.1, 0.15) is 0 Å². The molecule has 0 saturated carbocycles. The van der Waals surface area contributed by atoms with Gasteiger partial charge in [-0.15, -0.1) is 0 Å². The van der Waals surface area contributed by atoms with Crippen LogP contribution in [0.15, 0.2) is 137 Å². The molecule has 4 aromatic carbocycles. The third-order valence-corrected chi connectivity index (χ3v) is 12.2. The summed E-state index contributed by atoms with van der Waals surface area (Å²) in [5, 5.41) is 0. The minimum atomic E-state index is -1.31. The molecule has 3 heteroatoms. The number of fused-ring (bicyclic) bond motifs is 2. The molecule has 206 valence electrons. The van der Waals surface area contributed by atoms with Crippen LogP contribution < -0.4 is 0 Å². The van der Waals surface area contributed by atoms with Crippen molar-refractivity contribution in [2.45, 2.75) is 25.7 Å². The van der Waals surface area contributed by atoms with E-state index in [9.17, 15) is 0 Å². The molecule has 2 aliphatic carbocycles. The molecule has 2 unspecified atom stereocenters. The molecule has 2 atom stereocenters. The van der Waals surface area contributed by atoms with Crippen molar-refractivity contribution < 1.29 is 32.1 Å². The summed E-state index contributed by atoms with van der Waals surface area (Å²) < 4.78 is 15.8. The van der Waals surface area contributed by atoms with Crippen molar-refractivity contribution >= 4 is 12.2 Å². The van der Waals surface area contributed by atoms with Gasteiger partial charge in [0, 0.05) is 0 Å². The van der Waals surface area contributed by atoms with E-state index in [0.717, 1.165) is 23.0 Å². The molecular weight excluding hydrogens is 604 g/mol. The topological polar surface area (TPSA) is 26.3 Å². The Kier molecular flexibility index (Phi) is 6.65.